The van der Waals surface area contributed by atoms with Crippen molar-refractivity contribution in [1.29, 1.82) is 0 Å². The fourth-order valence-electron chi connectivity index (χ4n) is 3.89. The molecular weight excluding hydrogens is 331 g/mol. The Morgan fingerprint density at radius 2 is 2.00 bits per heavy atom. The monoisotopic (exact) mass is 354 g/mol. The van der Waals surface area contributed by atoms with Crippen LogP contribution in [0.4, 0.5) is 10.3 Å². The summed E-state index contributed by atoms with van der Waals surface area (Å²) in [6.07, 6.45) is 7.08. The highest BCUT2D eigenvalue weighted by Gasteiger charge is 2.35. The second kappa shape index (κ2) is 6.34. The zero-order valence-electron chi connectivity index (χ0n) is 15.1. The van der Waals surface area contributed by atoms with Crippen molar-refractivity contribution in [3.05, 3.63) is 41.3 Å². The highest BCUT2D eigenvalue weighted by Crippen LogP contribution is 2.34. The first-order valence-corrected chi connectivity index (χ1v) is 9.20. The minimum absolute atomic E-state index is 0.0978. The molecule has 2 N–H and O–H groups in total. The molecule has 1 saturated carbocycles. The van der Waals surface area contributed by atoms with Gasteiger partial charge in [-0.25, -0.2) is 14.4 Å². The number of halogens is 1. The Bertz CT molecular complexity index is 859. The van der Waals surface area contributed by atoms with Crippen LogP contribution < -0.4 is 10.6 Å². The second-order valence-corrected chi connectivity index (χ2v) is 7.71. The minimum atomic E-state index is -0.477. The van der Waals surface area contributed by atoms with Crippen molar-refractivity contribution >= 4 is 11.9 Å². The zero-order valence-corrected chi connectivity index (χ0v) is 15.1. The lowest BCUT2D eigenvalue weighted by atomic mass is 9.92. The quantitative estimate of drug-likeness (QED) is 0.874. The van der Waals surface area contributed by atoms with Crippen LogP contribution in [0, 0.1) is 5.82 Å². The molecule has 2 aromatic rings. The summed E-state index contributed by atoms with van der Waals surface area (Å²) in [5.74, 6) is -0.101. The summed E-state index contributed by atoms with van der Waals surface area (Å²) >= 11 is 0. The topological polar surface area (TPSA) is 66.9 Å². The molecule has 136 valence electrons. The number of nitrogens with zero attached hydrogens (tertiary/aromatic N) is 2. The van der Waals surface area contributed by atoms with E-state index in [0.29, 0.717) is 23.1 Å². The van der Waals surface area contributed by atoms with Crippen LogP contribution in [0.5, 0.6) is 0 Å². The van der Waals surface area contributed by atoms with Crippen LogP contribution in [0.1, 0.15) is 61.9 Å². The molecule has 1 aromatic heterocycles. The molecule has 26 heavy (non-hydrogen) atoms. The van der Waals surface area contributed by atoms with E-state index in [-0.39, 0.29) is 11.6 Å². The van der Waals surface area contributed by atoms with Gasteiger partial charge in [-0.1, -0.05) is 25.3 Å². The van der Waals surface area contributed by atoms with Crippen molar-refractivity contribution in [3.63, 3.8) is 0 Å². The SMILES string of the molecule is CC1(C)NC(=O)c2ccc(-c3nc(NC4CCCCC4)ncc3F)cc21. The summed E-state index contributed by atoms with van der Waals surface area (Å²) in [5, 5.41) is 6.28. The normalized spacial score (nSPS) is 19.1. The number of rotatable bonds is 3. The molecule has 0 bridgehead atoms. The number of fused-ring (bicyclic) bond motifs is 1. The number of aromatic nitrogens is 2. The van der Waals surface area contributed by atoms with Gasteiger partial charge < -0.3 is 10.6 Å². The van der Waals surface area contributed by atoms with Crippen LogP contribution in [0.2, 0.25) is 0 Å². The van der Waals surface area contributed by atoms with Crippen LogP contribution >= 0.6 is 0 Å². The third kappa shape index (κ3) is 3.04. The van der Waals surface area contributed by atoms with Gasteiger partial charge in [0, 0.05) is 17.2 Å². The maximum Gasteiger partial charge on any atom is 0.252 e. The first-order valence-electron chi connectivity index (χ1n) is 9.20. The standard InChI is InChI=1S/C20H23FN4O/c1-20(2)15-10-12(8-9-14(15)18(26)25-20)17-16(21)11-22-19(24-17)23-13-6-4-3-5-7-13/h8-11,13H,3-7H2,1-2H3,(H,25,26)(H,22,23,24). The fourth-order valence-corrected chi connectivity index (χ4v) is 3.89. The summed E-state index contributed by atoms with van der Waals surface area (Å²) in [4.78, 5) is 20.6. The zero-order chi connectivity index (χ0) is 18.3. The Morgan fingerprint density at radius 1 is 1.23 bits per heavy atom. The molecule has 0 spiro atoms. The lowest BCUT2D eigenvalue weighted by molar-refractivity contribution is 0.0940. The molecule has 6 heteroatoms. The first-order chi connectivity index (χ1) is 12.4. The molecule has 2 aliphatic rings. The van der Waals surface area contributed by atoms with E-state index in [0.717, 1.165) is 18.4 Å². The summed E-state index contributed by atoms with van der Waals surface area (Å²) in [5.41, 5.74) is 1.93. The van der Waals surface area contributed by atoms with E-state index in [2.05, 4.69) is 20.6 Å². The number of hydrogen-bond acceptors (Lipinski definition) is 4. The van der Waals surface area contributed by atoms with Gasteiger partial charge in [0.05, 0.1) is 11.7 Å². The highest BCUT2D eigenvalue weighted by molar-refractivity contribution is 6.00. The number of hydrogen-bond donors (Lipinski definition) is 2. The Hall–Kier alpha value is -2.50. The van der Waals surface area contributed by atoms with E-state index in [4.69, 9.17) is 0 Å². The molecule has 0 saturated heterocycles. The van der Waals surface area contributed by atoms with E-state index >= 15 is 0 Å². The summed E-state index contributed by atoms with van der Waals surface area (Å²) in [7, 11) is 0. The summed E-state index contributed by atoms with van der Waals surface area (Å²) in [6.45, 7) is 3.87. The predicted molar refractivity (Wildman–Crippen MR) is 98.4 cm³/mol. The van der Waals surface area contributed by atoms with Gasteiger partial charge in [-0.15, -0.1) is 0 Å². The van der Waals surface area contributed by atoms with E-state index in [9.17, 15) is 9.18 Å². The fraction of sp³-hybridized carbons (Fsp3) is 0.450. The Morgan fingerprint density at radius 3 is 2.77 bits per heavy atom. The van der Waals surface area contributed by atoms with Crippen LogP contribution in [0.15, 0.2) is 24.4 Å². The van der Waals surface area contributed by atoms with Crippen molar-refractivity contribution in [2.75, 3.05) is 5.32 Å². The molecule has 0 unspecified atom stereocenters. The molecule has 4 rings (SSSR count). The molecule has 0 radical (unpaired) electrons. The van der Waals surface area contributed by atoms with Gasteiger partial charge >= 0.3 is 0 Å². The van der Waals surface area contributed by atoms with Crippen molar-refractivity contribution in [2.24, 2.45) is 0 Å². The average molecular weight is 354 g/mol. The Kier molecular flexibility index (Phi) is 4.13. The third-order valence-corrected chi connectivity index (χ3v) is 5.32. The van der Waals surface area contributed by atoms with Crippen LogP contribution in [-0.4, -0.2) is 21.9 Å². The van der Waals surface area contributed by atoms with Crippen LogP contribution in [0.3, 0.4) is 0 Å². The number of amides is 1. The summed E-state index contributed by atoms with van der Waals surface area (Å²) < 4.78 is 14.4. The Balaban J connectivity index is 1.67. The van der Waals surface area contributed by atoms with Gasteiger partial charge in [-0.2, -0.15) is 0 Å². The van der Waals surface area contributed by atoms with E-state index in [1.807, 2.05) is 19.9 Å². The molecule has 0 atom stereocenters. The molecule has 1 aliphatic carbocycles. The van der Waals surface area contributed by atoms with Crippen molar-refractivity contribution in [3.8, 4) is 11.3 Å². The van der Waals surface area contributed by atoms with Crippen molar-refractivity contribution < 1.29 is 9.18 Å². The molecule has 2 heterocycles. The van der Waals surface area contributed by atoms with Gasteiger partial charge in [0.25, 0.3) is 5.91 Å². The maximum absolute atomic E-state index is 14.4. The molecule has 1 aliphatic heterocycles. The van der Waals surface area contributed by atoms with Crippen LogP contribution in [0.25, 0.3) is 11.3 Å². The number of carbonyl (C=O) groups is 1. The highest BCUT2D eigenvalue weighted by atomic mass is 19.1. The molecule has 5 nitrogen and oxygen atoms in total. The molecule has 1 fully saturated rings. The second-order valence-electron chi connectivity index (χ2n) is 7.71. The van der Waals surface area contributed by atoms with E-state index in [1.165, 1.54) is 25.5 Å². The first kappa shape index (κ1) is 16.9. The molecule has 1 aromatic carbocycles. The third-order valence-electron chi connectivity index (χ3n) is 5.32. The number of anilines is 1. The van der Waals surface area contributed by atoms with Gasteiger partial charge in [0.15, 0.2) is 5.82 Å². The van der Waals surface area contributed by atoms with E-state index in [1.54, 1.807) is 12.1 Å². The lowest BCUT2D eigenvalue weighted by Crippen LogP contribution is -2.32. The van der Waals surface area contributed by atoms with Crippen molar-refractivity contribution in [2.45, 2.75) is 57.5 Å². The molecular formula is C20H23FN4O. The average Bonchev–Trinajstić information content (AvgIpc) is 2.86. The van der Waals surface area contributed by atoms with Gasteiger partial charge in [0.2, 0.25) is 5.95 Å². The number of carbonyl (C=O) groups excluding carboxylic acids is 1. The molecule has 1 amide bonds. The smallest absolute Gasteiger partial charge is 0.252 e. The predicted octanol–water partition coefficient (Wildman–Crippen LogP) is 4.01. The maximum atomic E-state index is 14.4. The Labute approximate surface area is 152 Å². The largest absolute Gasteiger partial charge is 0.351 e. The van der Waals surface area contributed by atoms with E-state index < -0.39 is 11.4 Å². The number of benzene rings is 1. The van der Waals surface area contributed by atoms with Crippen molar-refractivity contribution in [1.82, 2.24) is 15.3 Å². The lowest BCUT2D eigenvalue weighted by Gasteiger charge is -2.23. The van der Waals surface area contributed by atoms with Gasteiger partial charge in [0.1, 0.15) is 5.69 Å². The number of nitrogens with one attached hydrogen (secondary N) is 2. The van der Waals surface area contributed by atoms with Crippen LogP contribution in [-0.2, 0) is 5.54 Å². The summed E-state index contributed by atoms with van der Waals surface area (Å²) in [6, 6.07) is 5.69. The van der Waals surface area contributed by atoms with Gasteiger partial charge in [-0.3, -0.25) is 4.79 Å². The minimum Gasteiger partial charge on any atom is -0.351 e. The van der Waals surface area contributed by atoms with Gasteiger partial charge in [-0.05, 0) is 44.4 Å².